The molecule has 16 heteroatoms. The Morgan fingerprint density at radius 1 is 0.611 bits per heavy atom. The Bertz CT molecular complexity index is 2840. The van der Waals surface area contributed by atoms with Crippen molar-refractivity contribution in [2.75, 3.05) is 38.2 Å². The summed E-state index contributed by atoms with van der Waals surface area (Å²) in [7, 11) is 2.66. The van der Waals surface area contributed by atoms with Gasteiger partial charge in [-0.15, -0.1) is 0 Å². The highest BCUT2D eigenvalue weighted by Crippen LogP contribution is 2.52. The number of carbonyl (C=O) groups is 4. The number of imidazole rings is 2. The monoisotopic (exact) mass is 1010 g/mol. The maximum Gasteiger partial charge on any atom is 0.407 e. The van der Waals surface area contributed by atoms with Gasteiger partial charge in [0.2, 0.25) is 11.8 Å². The van der Waals surface area contributed by atoms with Crippen molar-refractivity contribution < 1.29 is 28.7 Å². The number of nitrogens with one attached hydrogen (secondary N) is 4. The molecule has 14 rings (SSSR count). The Morgan fingerprint density at radius 3 is 1.47 bits per heavy atom. The molecule has 8 bridgehead atoms. The fourth-order valence-corrected chi connectivity index (χ4v) is 13.8. The first-order chi connectivity index (χ1) is 35.1. The molecule has 4 unspecified atom stereocenters. The van der Waals surface area contributed by atoms with Gasteiger partial charge in [0.15, 0.2) is 0 Å². The number of aryl methyl sites for hydroxylation is 4. The summed E-state index contributed by atoms with van der Waals surface area (Å²) >= 11 is 3.31. The molecular weight excluding hydrogens is 945 g/mol. The maximum atomic E-state index is 14.3. The number of methoxy groups -OCH3 is 2. The number of aromatic nitrogens is 4. The molecule has 4 aromatic carbocycles. The van der Waals surface area contributed by atoms with Gasteiger partial charge in [0.05, 0.1) is 48.4 Å². The minimum atomic E-state index is -0.656. The summed E-state index contributed by atoms with van der Waals surface area (Å²) < 4.78 is 9.82. The van der Waals surface area contributed by atoms with Crippen LogP contribution in [-0.2, 0) is 44.7 Å². The number of piperidine rings is 2. The highest BCUT2D eigenvalue weighted by Gasteiger charge is 2.52. The summed E-state index contributed by atoms with van der Waals surface area (Å²) in [5.41, 5.74) is 13.5. The Balaban J connectivity index is 0.835. The van der Waals surface area contributed by atoms with Crippen molar-refractivity contribution in [3.05, 3.63) is 107 Å². The van der Waals surface area contributed by atoms with Crippen molar-refractivity contribution in [1.29, 1.82) is 0 Å². The van der Waals surface area contributed by atoms with E-state index in [9.17, 15) is 19.2 Å². The number of hydrogen-bond acceptors (Lipinski definition) is 10. The predicted molar refractivity (Wildman–Crippen MR) is 284 cm³/mol. The van der Waals surface area contributed by atoms with Crippen LogP contribution in [0.25, 0.3) is 44.3 Å². The van der Waals surface area contributed by atoms with Gasteiger partial charge < -0.3 is 39.9 Å². The van der Waals surface area contributed by atoms with Crippen molar-refractivity contribution >= 4 is 69.6 Å². The molecule has 6 aromatic rings. The molecule has 8 atom stereocenters. The third-order valence-electron chi connectivity index (χ3n) is 16.3. The van der Waals surface area contributed by atoms with E-state index < -0.39 is 24.3 Å². The number of fused-ring (bicyclic) bond motifs is 6. The maximum absolute atomic E-state index is 14.3. The number of benzene rings is 4. The van der Waals surface area contributed by atoms with Crippen LogP contribution < -0.4 is 10.6 Å². The van der Waals surface area contributed by atoms with E-state index in [0.717, 1.165) is 121 Å². The lowest BCUT2D eigenvalue weighted by Gasteiger charge is -2.36. The molecular formula is C56H64N8O6S2. The van der Waals surface area contributed by atoms with Crippen molar-refractivity contribution in [1.82, 2.24) is 40.4 Å². The van der Waals surface area contributed by atoms with Crippen molar-refractivity contribution in [2.45, 2.75) is 113 Å². The molecule has 2 aliphatic heterocycles. The molecule has 0 spiro atoms. The van der Waals surface area contributed by atoms with Gasteiger partial charge in [0.25, 0.3) is 0 Å². The number of carbonyl (C=O) groups excluding carboxylic acids is 4. The van der Waals surface area contributed by atoms with Gasteiger partial charge in [-0.25, -0.2) is 19.6 Å². The van der Waals surface area contributed by atoms with Gasteiger partial charge >= 0.3 is 12.2 Å². The second-order valence-corrected chi connectivity index (χ2v) is 22.4. The third-order valence-corrected chi connectivity index (χ3v) is 17.6. The molecule has 4 N–H and O–H groups in total. The second kappa shape index (κ2) is 20.5. The smallest absolute Gasteiger partial charge is 0.407 e. The normalized spacial score (nSPS) is 22.8. The molecule has 4 heterocycles. The summed E-state index contributed by atoms with van der Waals surface area (Å²) in [4.78, 5) is 74.9. The number of hydrogen-bond donors (Lipinski definition) is 4. The molecule has 14 nitrogen and oxygen atoms in total. The topological polar surface area (TPSA) is 175 Å². The van der Waals surface area contributed by atoms with Crippen LogP contribution in [0, 0.1) is 11.8 Å². The number of ether oxygens (including phenoxy) is 2. The Morgan fingerprint density at radius 2 is 1.06 bits per heavy atom. The second-order valence-electron chi connectivity index (χ2n) is 20.5. The molecule has 2 aromatic heterocycles. The standard InChI is InChI=1S/C56H64N8O6S2/c1-69-55(67)61-45(21-23-71-3)53(65)63-39-17-13-37(27-39)49(63)51-57-43-19-15-35(29-47(43)59-51)41-25-31-5-9-33(41)11-7-32-6-10-34(12-8-31)42(26-32)36-16-20-44-48(30-36)60-52(58-44)50-38-14-18-40(28-38)64(50)54(66)46(22-24-72-4)62-56(68)70-2/h5-6,9-10,15-16,19-20,25-26,29-30,37-40,45-46,49-50H,7-8,11-14,17-18,21-24,27-28H2,1-4H3,(H,57,59)(H,58,60)(H,61,67)(H,62,68)/t37?,38?,39?,40?,45-,46-,49-,50-/m0/s1. The van der Waals surface area contributed by atoms with Gasteiger partial charge in [-0.3, -0.25) is 9.59 Å². The Kier molecular flexibility index (Phi) is 13.7. The minimum absolute atomic E-state index is 0.0609. The van der Waals surface area contributed by atoms with Gasteiger partial charge in [0.1, 0.15) is 23.7 Å². The first kappa shape index (κ1) is 48.3. The van der Waals surface area contributed by atoms with Crippen LogP contribution in [-0.4, -0.2) is 116 Å². The number of rotatable bonds is 14. The summed E-state index contributed by atoms with van der Waals surface area (Å²) in [6, 6.07) is 25.6. The molecule has 0 radical (unpaired) electrons. The number of alkyl carbamates (subject to hydrolysis) is 2. The van der Waals surface area contributed by atoms with Crippen LogP contribution in [0.15, 0.2) is 72.8 Å². The molecule has 376 valence electrons. The number of amides is 4. The van der Waals surface area contributed by atoms with E-state index in [1.165, 1.54) is 47.6 Å². The molecule has 8 aliphatic rings. The first-order valence-corrected chi connectivity index (χ1v) is 28.4. The zero-order chi connectivity index (χ0) is 49.6. The lowest BCUT2D eigenvalue weighted by atomic mass is 9.87. The lowest BCUT2D eigenvalue weighted by Crippen LogP contribution is -2.52. The summed E-state index contributed by atoms with van der Waals surface area (Å²) in [6.07, 6.45) is 13.3. The lowest BCUT2D eigenvalue weighted by molar-refractivity contribution is -0.139. The fourth-order valence-electron chi connectivity index (χ4n) is 12.8. The van der Waals surface area contributed by atoms with Gasteiger partial charge in [-0.05, 0) is 182 Å². The number of nitrogens with zero attached hydrogens (tertiary/aromatic N) is 4. The van der Waals surface area contributed by atoms with Crippen LogP contribution >= 0.6 is 23.5 Å². The molecule has 2 saturated carbocycles. The molecule has 2 saturated heterocycles. The zero-order valence-corrected chi connectivity index (χ0v) is 43.1. The van der Waals surface area contributed by atoms with Crippen LogP contribution in [0.1, 0.15) is 97.4 Å². The van der Waals surface area contributed by atoms with E-state index in [-0.39, 0.29) is 36.0 Å². The predicted octanol–water partition coefficient (Wildman–Crippen LogP) is 9.72. The Labute approximate surface area is 428 Å². The number of H-pyrrole nitrogens is 2. The SMILES string of the molecule is COC(=O)N[C@@H](CCSC)C(=O)N1C2CCC(C2)[C@H]1c1nc2ccc(-c3cc4ccc3CCc3ccc(c(-c5ccc6nc([C@@H]7C8CCC(C8)N7C(=O)[C@H](CCSC)NC(=O)OC)[nH]c6c5)c3)CC4)cc2[nH]1. The molecule has 72 heavy (non-hydrogen) atoms. The van der Waals surface area contributed by atoms with E-state index in [0.29, 0.717) is 24.7 Å². The number of likely N-dealkylation sites (tertiary alicyclic amines) is 2. The largest absolute Gasteiger partial charge is 0.453 e. The third kappa shape index (κ3) is 9.22. The molecule has 4 amide bonds. The first-order valence-electron chi connectivity index (χ1n) is 25.7. The average Bonchev–Trinajstić information content (AvgIpc) is 4.28. The Hall–Kier alpha value is -6.00. The van der Waals surface area contributed by atoms with E-state index in [4.69, 9.17) is 19.4 Å². The minimum Gasteiger partial charge on any atom is -0.453 e. The van der Waals surface area contributed by atoms with Crippen molar-refractivity contribution in [3.63, 3.8) is 0 Å². The van der Waals surface area contributed by atoms with Crippen LogP contribution in [0.4, 0.5) is 9.59 Å². The zero-order valence-electron chi connectivity index (χ0n) is 41.5. The number of thioether (sulfide) groups is 2. The van der Waals surface area contributed by atoms with E-state index in [2.05, 4.69) is 93.4 Å². The molecule has 6 aliphatic carbocycles. The van der Waals surface area contributed by atoms with Gasteiger partial charge in [-0.2, -0.15) is 23.5 Å². The van der Waals surface area contributed by atoms with Gasteiger partial charge in [0, 0.05) is 12.1 Å². The summed E-state index contributed by atoms with van der Waals surface area (Å²) in [5, 5.41) is 5.65. The highest BCUT2D eigenvalue weighted by molar-refractivity contribution is 7.98. The van der Waals surface area contributed by atoms with Crippen molar-refractivity contribution in [3.8, 4) is 22.3 Å². The summed E-state index contributed by atoms with van der Waals surface area (Å²) in [6.45, 7) is 0. The quantitative estimate of drug-likeness (QED) is 0.0823. The molecule has 4 fully saturated rings. The fraction of sp³-hybridized carbons (Fsp3) is 0.464. The van der Waals surface area contributed by atoms with Crippen LogP contribution in [0.3, 0.4) is 0 Å². The van der Waals surface area contributed by atoms with E-state index in [1.807, 2.05) is 22.3 Å². The van der Waals surface area contributed by atoms with Crippen molar-refractivity contribution in [2.24, 2.45) is 11.8 Å². The number of aromatic amines is 2. The average molecular weight is 1010 g/mol. The van der Waals surface area contributed by atoms with Crippen LogP contribution in [0.2, 0.25) is 0 Å². The summed E-state index contributed by atoms with van der Waals surface area (Å²) in [5.74, 6) is 3.61. The van der Waals surface area contributed by atoms with E-state index in [1.54, 1.807) is 23.5 Å². The van der Waals surface area contributed by atoms with Crippen LogP contribution in [0.5, 0.6) is 0 Å². The van der Waals surface area contributed by atoms with Gasteiger partial charge in [-0.1, -0.05) is 48.5 Å². The van der Waals surface area contributed by atoms with E-state index >= 15 is 0 Å². The highest BCUT2D eigenvalue weighted by atomic mass is 32.2.